The molecule has 1 heterocycles. The number of hydrogen-bond acceptors (Lipinski definition) is 3. The van der Waals surface area contributed by atoms with Crippen LogP contribution >= 0.6 is 11.3 Å². The normalized spacial score (nSPS) is 13.4. The molecule has 2 rings (SSSR count). The molecule has 2 aromatic rings. The van der Waals surface area contributed by atoms with Crippen molar-refractivity contribution < 1.29 is 9.00 Å². The van der Waals surface area contributed by atoms with Crippen molar-refractivity contribution in [2.45, 2.75) is 6.04 Å². The van der Waals surface area contributed by atoms with Crippen LogP contribution in [0.1, 0.15) is 11.6 Å². The summed E-state index contributed by atoms with van der Waals surface area (Å²) in [5.41, 5.74) is 0.948. The summed E-state index contributed by atoms with van der Waals surface area (Å²) in [6, 6.07) is 12.7. The number of thiophene rings is 1. The average molecular weight is 308 g/mol. The van der Waals surface area contributed by atoms with Gasteiger partial charge in [-0.3, -0.25) is 9.53 Å². The first-order valence-electron chi connectivity index (χ1n) is 6.11. The molecule has 2 amide bonds. The number of carbonyl (C=O) groups excluding carboxylic acids is 1. The van der Waals surface area contributed by atoms with Crippen LogP contribution in [0.25, 0.3) is 0 Å². The van der Waals surface area contributed by atoms with E-state index < -0.39 is 10.8 Å². The molecule has 0 aliphatic heterocycles. The van der Waals surface area contributed by atoms with Crippen LogP contribution in [0.2, 0.25) is 0 Å². The predicted octanol–water partition coefficient (Wildman–Crippen LogP) is 2.99. The van der Waals surface area contributed by atoms with Crippen molar-refractivity contribution in [2.24, 2.45) is 0 Å². The minimum absolute atomic E-state index is 0.262. The molecule has 0 aliphatic rings. The first-order chi connectivity index (χ1) is 9.65. The van der Waals surface area contributed by atoms with Crippen LogP contribution in [-0.4, -0.2) is 22.2 Å². The van der Waals surface area contributed by atoms with Gasteiger partial charge in [0.15, 0.2) is 0 Å². The van der Waals surface area contributed by atoms with E-state index in [1.54, 1.807) is 6.26 Å². The third kappa shape index (κ3) is 4.47. The molecule has 0 spiro atoms. The van der Waals surface area contributed by atoms with Gasteiger partial charge in [0.25, 0.3) is 0 Å². The summed E-state index contributed by atoms with van der Waals surface area (Å²) in [7, 11) is -0.991. The van der Waals surface area contributed by atoms with Gasteiger partial charge in [-0.05, 0) is 23.1 Å². The lowest BCUT2D eigenvalue weighted by Crippen LogP contribution is -2.35. The van der Waals surface area contributed by atoms with E-state index in [1.807, 2.05) is 47.8 Å². The highest BCUT2D eigenvalue weighted by Gasteiger charge is 2.16. The molecule has 2 N–H and O–H groups in total. The second-order valence-corrected chi connectivity index (χ2v) is 6.71. The van der Waals surface area contributed by atoms with E-state index in [4.69, 9.17) is 0 Å². The Bertz CT molecular complexity index is 570. The van der Waals surface area contributed by atoms with E-state index in [1.165, 1.54) is 11.3 Å². The quantitative estimate of drug-likeness (QED) is 0.892. The van der Waals surface area contributed by atoms with Gasteiger partial charge >= 0.3 is 6.03 Å². The minimum Gasteiger partial charge on any atom is -0.330 e. The molecule has 1 aromatic heterocycles. The van der Waals surface area contributed by atoms with Crippen LogP contribution in [0, 0.1) is 0 Å². The smallest absolute Gasteiger partial charge is 0.320 e. The maximum atomic E-state index is 12.0. The monoisotopic (exact) mass is 308 g/mol. The third-order valence-corrected chi connectivity index (χ3v) is 4.25. The summed E-state index contributed by atoms with van der Waals surface area (Å²) in [6.45, 7) is 0. The maximum Gasteiger partial charge on any atom is 0.320 e. The second-order valence-electron chi connectivity index (χ2n) is 4.28. The first-order valence-corrected chi connectivity index (χ1v) is 8.72. The Morgan fingerprint density at radius 3 is 2.60 bits per heavy atom. The zero-order chi connectivity index (χ0) is 14.4. The van der Waals surface area contributed by atoms with E-state index >= 15 is 0 Å². The van der Waals surface area contributed by atoms with Crippen molar-refractivity contribution in [3.63, 3.8) is 0 Å². The van der Waals surface area contributed by atoms with Crippen LogP contribution in [0.3, 0.4) is 0 Å². The summed E-state index contributed by atoms with van der Waals surface area (Å²) < 4.78 is 11.5. The summed E-state index contributed by atoms with van der Waals surface area (Å²) in [5.74, 6) is 0.391. The summed E-state index contributed by atoms with van der Waals surface area (Å²) in [4.78, 5) is 12.0. The van der Waals surface area contributed by atoms with E-state index in [-0.39, 0.29) is 12.1 Å². The highest BCUT2D eigenvalue weighted by atomic mass is 32.2. The Hall–Kier alpha value is -1.66. The fourth-order valence-electron chi connectivity index (χ4n) is 1.80. The Morgan fingerprint density at radius 1 is 1.25 bits per heavy atom. The summed E-state index contributed by atoms with van der Waals surface area (Å²) >= 11 is 1.46. The molecule has 0 saturated heterocycles. The third-order valence-electron chi connectivity index (χ3n) is 2.67. The molecule has 0 radical (unpaired) electrons. The SMILES string of the molecule is CS(=O)CC(NC(=O)Nc1cccs1)c1ccccc1. The van der Waals surface area contributed by atoms with Crippen molar-refractivity contribution in [3.05, 3.63) is 53.4 Å². The molecular weight excluding hydrogens is 292 g/mol. The molecule has 20 heavy (non-hydrogen) atoms. The first kappa shape index (κ1) is 14.7. The van der Waals surface area contributed by atoms with Gasteiger partial charge in [-0.25, -0.2) is 4.79 Å². The van der Waals surface area contributed by atoms with Gasteiger partial charge < -0.3 is 5.32 Å². The molecular formula is C14H16N2O2S2. The molecule has 4 nitrogen and oxygen atoms in total. The topological polar surface area (TPSA) is 58.2 Å². The number of rotatable bonds is 5. The van der Waals surface area contributed by atoms with Gasteiger partial charge in [0.2, 0.25) is 0 Å². The molecule has 0 fully saturated rings. The fourth-order valence-corrected chi connectivity index (χ4v) is 3.15. The number of anilines is 1. The zero-order valence-corrected chi connectivity index (χ0v) is 12.7. The van der Waals surface area contributed by atoms with Crippen molar-refractivity contribution in [3.8, 4) is 0 Å². The molecule has 0 aliphatic carbocycles. The van der Waals surface area contributed by atoms with Crippen molar-refractivity contribution in [2.75, 3.05) is 17.3 Å². The Kier molecular flexibility index (Phi) is 5.31. The second kappa shape index (κ2) is 7.21. The lowest BCUT2D eigenvalue weighted by atomic mass is 10.1. The Labute approximate surface area is 124 Å². The molecule has 0 bridgehead atoms. The molecule has 1 aromatic carbocycles. The van der Waals surface area contributed by atoms with E-state index in [0.717, 1.165) is 10.6 Å². The predicted molar refractivity (Wildman–Crippen MR) is 84.6 cm³/mol. The zero-order valence-electron chi connectivity index (χ0n) is 11.0. The van der Waals surface area contributed by atoms with Crippen LogP contribution in [0.4, 0.5) is 9.80 Å². The summed E-state index contributed by atoms with van der Waals surface area (Å²) in [5, 5.41) is 8.31. The highest BCUT2D eigenvalue weighted by molar-refractivity contribution is 7.84. The lowest BCUT2D eigenvalue weighted by Gasteiger charge is -2.18. The molecule has 0 saturated carbocycles. The van der Waals surface area contributed by atoms with E-state index in [2.05, 4.69) is 10.6 Å². The van der Waals surface area contributed by atoms with Gasteiger partial charge in [-0.15, -0.1) is 11.3 Å². The summed E-state index contributed by atoms with van der Waals surface area (Å²) in [6.07, 6.45) is 1.63. The maximum absolute atomic E-state index is 12.0. The molecule has 2 unspecified atom stereocenters. The van der Waals surface area contributed by atoms with Crippen molar-refractivity contribution >= 4 is 33.2 Å². The largest absolute Gasteiger partial charge is 0.330 e. The van der Waals surface area contributed by atoms with E-state index in [9.17, 15) is 9.00 Å². The van der Waals surface area contributed by atoms with Gasteiger partial charge in [0.05, 0.1) is 11.0 Å². The average Bonchev–Trinajstić information content (AvgIpc) is 2.91. The molecule has 2 atom stereocenters. The van der Waals surface area contributed by atoms with Gasteiger partial charge in [-0.2, -0.15) is 0 Å². The molecule has 106 valence electrons. The Balaban J connectivity index is 2.04. The van der Waals surface area contributed by atoms with Gasteiger partial charge in [0.1, 0.15) is 0 Å². The number of nitrogens with one attached hydrogen (secondary N) is 2. The van der Waals surface area contributed by atoms with Gasteiger partial charge in [-0.1, -0.05) is 30.3 Å². The molecule has 6 heteroatoms. The standard InChI is InChI=1S/C14H16N2O2S2/c1-20(18)10-12(11-6-3-2-4-7-11)15-14(17)16-13-8-5-9-19-13/h2-9,12H,10H2,1H3,(H2,15,16,17). The van der Waals surface area contributed by atoms with Crippen molar-refractivity contribution in [1.82, 2.24) is 5.32 Å². The van der Waals surface area contributed by atoms with Crippen LogP contribution in [0.15, 0.2) is 47.8 Å². The van der Waals surface area contributed by atoms with E-state index in [0.29, 0.717) is 5.75 Å². The van der Waals surface area contributed by atoms with Crippen LogP contribution in [0.5, 0.6) is 0 Å². The number of amides is 2. The van der Waals surface area contributed by atoms with Crippen LogP contribution < -0.4 is 10.6 Å². The van der Waals surface area contributed by atoms with Crippen LogP contribution in [-0.2, 0) is 10.8 Å². The van der Waals surface area contributed by atoms with Crippen molar-refractivity contribution in [1.29, 1.82) is 0 Å². The number of benzene rings is 1. The highest BCUT2D eigenvalue weighted by Crippen LogP contribution is 2.17. The Morgan fingerprint density at radius 2 is 2.00 bits per heavy atom. The number of carbonyl (C=O) groups is 1. The fraction of sp³-hybridized carbons (Fsp3) is 0.214. The lowest BCUT2D eigenvalue weighted by molar-refractivity contribution is 0.249. The number of urea groups is 1. The minimum atomic E-state index is -0.991. The van der Waals surface area contributed by atoms with Gasteiger partial charge in [0, 0.05) is 22.8 Å². The number of hydrogen-bond donors (Lipinski definition) is 2.